The number of methoxy groups -OCH3 is 1. The number of carbonyl (C=O) groups excluding carboxylic acids is 2. The van der Waals surface area contributed by atoms with E-state index in [9.17, 15) is 9.59 Å². The predicted molar refractivity (Wildman–Crippen MR) is 76.0 cm³/mol. The van der Waals surface area contributed by atoms with Crippen LogP contribution in [0.3, 0.4) is 0 Å². The highest BCUT2D eigenvalue weighted by Crippen LogP contribution is 2.28. The second kappa shape index (κ2) is 8.33. The van der Waals surface area contributed by atoms with Crippen molar-refractivity contribution in [2.75, 3.05) is 20.5 Å². The van der Waals surface area contributed by atoms with Crippen LogP contribution in [0.1, 0.15) is 36.2 Å². The van der Waals surface area contributed by atoms with Crippen molar-refractivity contribution in [3.63, 3.8) is 0 Å². The minimum Gasteiger partial charge on any atom is -0.493 e. The molecule has 22 heavy (non-hydrogen) atoms. The molecule has 0 aliphatic heterocycles. The first-order chi connectivity index (χ1) is 10.7. The molecule has 1 saturated carbocycles. The van der Waals surface area contributed by atoms with E-state index in [0.717, 1.165) is 25.7 Å². The van der Waals surface area contributed by atoms with E-state index in [-0.39, 0.29) is 30.9 Å². The summed E-state index contributed by atoms with van der Waals surface area (Å²) in [6.45, 7) is -0.436. The maximum atomic E-state index is 11.6. The number of esters is 1. The Bertz CT molecular complexity index is 513. The highest BCUT2D eigenvalue weighted by atomic mass is 16.7. The lowest BCUT2D eigenvalue weighted by atomic mass is 10.3. The molecule has 0 N–H and O–H groups in total. The molecular weight excluding hydrogens is 290 g/mol. The van der Waals surface area contributed by atoms with Gasteiger partial charge in [0.05, 0.1) is 13.2 Å². The second-order valence-corrected chi connectivity index (χ2v) is 4.84. The van der Waals surface area contributed by atoms with Gasteiger partial charge >= 0.3 is 5.97 Å². The van der Waals surface area contributed by atoms with Gasteiger partial charge in [0.1, 0.15) is 12.3 Å². The van der Waals surface area contributed by atoms with Crippen LogP contribution in [0, 0.1) is 0 Å². The summed E-state index contributed by atoms with van der Waals surface area (Å²) in [5, 5.41) is 0. The third-order valence-corrected chi connectivity index (χ3v) is 3.39. The maximum absolute atomic E-state index is 11.6. The zero-order valence-electron chi connectivity index (χ0n) is 12.4. The summed E-state index contributed by atoms with van der Waals surface area (Å²) in [5.41, 5.74) is 0.0811. The Labute approximate surface area is 128 Å². The molecule has 0 spiro atoms. The van der Waals surface area contributed by atoms with E-state index < -0.39 is 5.97 Å². The summed E-state index contributed by atoms with van der Waals surface area (Å²) in [4.78, 5) is 26.3. The monoisotopic (exact) mass is 309 g/mol. The van der Waals surface area contributed by atoms with Crippen LogP contribution in [-0.4, -0.2) is 43.9 Å². The van der Waals surface area contributed by atoms with Gasteiger partial charge in [0.15, 0.2) is 17.8 Å². The molecule has 1 aliphatic rings. The Kier molecular flexibility index (Phi) is 6.14. The Morgan fingerprint density at radius 3 is 2.86 bits per heavy atom. The quantitative estimate of drug-likeness (QED) is 0.411. The summed E-state index contributed by atoms with van der Waals surface area (Å²) >= 11 is 0. The van der Waals surface area contributed by atoms with Crippen molar-refractivity contribution in [3.05, 3.63) is 18.0 Å². The van der Waals surface area contributed by atoms with Crippen LogP contribution in [-0.2, 0) is 14.3 Å². The molecule has 1 aromatic heterocycles. The zero-order chi connectivity index (χ0) is 15.8. The van der Waals surface area contributed by atoms with Crippen molar-refractivity contribution in [1.29, 1.82) is 0 Å². The number of aromatic nitrogens is 1. The minimum absolute atomic E-state index is 0.0811. The minimum atomic E-state index is -0.512. The molecule has 0 bridgehead atoms. The summed E-state index contributed by atoms with van der Waals surface area (Å²) in [6, 6.07) is 1.55. The number of pyridine rings is 1. The lowest BCUT2D eigenvalue weighted by Gasteiger charge is -2.13. The van der Waals surface area contributed by atoms with E-state index in [1.165, 1.54) is 13.3 Å². The van der Waals surface area contributed by atoms with Gasteiger partial charge in [-0.3, -0.25) is 4.79 Å². The number of nitrogens with zero attached hydrogens (tertiary/aromatic N) is 1. The molecule has 7 heteroatoms. The Balaban J connectivity index is 1.78. The SMILES string of the molecule is COc1ccnc(C=O)c1OCOC(=O)COC1CCCC1. The molecule has 7 nitrogen and oxygen atoms in total. The van der Waals surface area contributed by atoms with Crippen LogP contribution < -0.4 is 9.47 Å². The normalized spacial score (nSPS) is 14.6. The highest BCUT2D eigenvalue weighted by molar-refractivity contribution is 5.78. The van der Waals surface area contributed by atoms with E-state index in [0.29, 0.717) is 12.0 Å². The fourth-order valence-corrected chi connectivity index (χ4v) is 2.27. The zero-order valence-corrected chi connectivity index (χ0v) is 12.4. The summed E-state index contributed by atoms with van der Waals surface area (Å²) in [6.07, 6.45) is 6.36. The van der Waals surface area contributed by atoms with Gasteiger partial charge in [0.2, 0.25) is 6.79 Å². The number of rotatable bonds is 8. The Morgan fingerprint density at radius 1 is 1.41 bits per heavy atom. The van der Waals surface area contributed by atoms with Crippen molar-refractivity contribution in [3.8, 4) is 11.5 Å². The van der Waals surface area contributed by atoms with E-state index in [1.807, 2.05) is 0 Å². The number of carbonyl (C=O) groups is 2. The van der Waals surface area contributed by atoms with Crippen LogP contribution in [0.25, 0.3) is 0 Å². The van der Waals surface area contributed by atoms with Crippen LogP contribution in [0.2, 0.25) is 0 Å². The number of hydrogen-bond donors (Lipinski definition) is 0. The first kappa shape index (κ1) is 16.2. The van der Waals surface area contributed by atoms with Crippen LogP contribution in [0.15, 0.2) is 12.3 Å². The molecule has 0 saturated heterocycles. The summed E-state index contributed by atoms with van der Waals surface area (Å²) in [7, 11) is 1.44. The number of ether oxygens (including phenoxy) is 4. The number of aldehydes is 1. The van der Waals surface area contributed by atoms with Crippen molar-refractivity contribution >= 4 is 12.3 Å². The molecule has 0 amide bonds. The van der Waals surface area contributed by atoms with Crippen molar-refractivity contribution < 1.29 is 28.5 Å². The molecule has 1 aliphatic carbocycles. The van der Waals surface area contributed by atoms with E-state index in [4.69, 9.17) is 18.9 Å². The first-order valence-electron chi connectivity index (χ1n) is 7.12. The van der Waals surface area contributed by atoms with Crippen LogP contribution >= 0.6 is 0 Å². The van der Waals surface area contributed by atoms with Gasteiger partial charge in [0.25, 0.3) is 0 Å². The molecule has 1 fully saturated rings. The molecule has 2 rings (SSSR count). The largest absolute Gasteiger partial charge is 0.493 e. The lowest BCUT2D eigenvalue weighted by Crippen LogP contribution is -2.20. The molecule has 120 valence electrons. The topological polar surface area (TPSA) is 84.0 Å². The van der Waals surface area contributed by atoms with Gasteiger partial charge in [0, 0.05) is 12.3 Å². The smallest absolute Gasteiger partial charge is 0.334 e. The van der Waals surface area contributed by atoms with Gasteiger partial charge < -0.3 is 18.9 Å². The maximum Gasteiger partial charge on any atom is 0.334 e. The molecule has 0 radical (unpaired) electrons. The molecule has 1 aromatic rings. The standard InChI is InChI=1S/C15H19NO6/c1-19-13-6-7-16-12(8-17)15(13)22-10-21-14(18)9-20-11-4-2-3-5-11/h6-8,11H,2-5,9-10H2,1H3. The van der Waals surface area contributed by atoms with Gasteiger partial charge in [-0.2, -0.15) is 0 Å². The van der Waals surface area contributed by atoms with Gasteiger partial charge in [-0.1, -0.05) is 12.8 Å². The highest BCUT2D eigenvalue weighted by Gasteiger charge is 2.17. The lowest BCUT2D eigenvalue weighted by molar-refractivity contribution is -0.157. The van der Waals surface area contributed by atoms with Gasteiger partial charge in [-0.15, -0.1) is 0 Å². The van der Waals surface area contributed by atoms with Crippen molar-refractivity contribution in [2.45, 2.75) is 31.8 Å². The number of hydrogen-bond acceptors (Lipinski definition) is 7. The second-order valence-electron chi connectivity index (χ2n) is 4.84. The molecule has 0 unspecified atom stereocenters. The van der Waals surface area contributed by atoms with Gasteiger partial charge in [-0.25, -0.2) is 9.78 Å². The molecule has 0 atom stereocenters. The molecule has 1 heterocycles. The van der Waals surface area contributed by atoms with E-state index in [2.05, 4.69) is 4.98 Å². The van der Waals surface area contributed by atoms with E-state index >= 15 is 0 Å². The Hall–Kier alpha value is -2.15. The predicted octanol–water partition coefficient (Wildman–Crippen LogP) is 1.74. The van der Waals surface area contributed by atoms with Crippen molar-refractivity contribution in [2.24, 2.45) is 0 Å². The summed E-state index contributed by atoms with van der Waals surface area (Å²) in [5.74, 6) is -0.0257. The summed E-state index contributed by atoms with van der Waals surface area (Å²) < 4.78 is 20.7. The van der Waals surface area contributed by atoms with Gasteiger partial charge in [-0.05, 0) is 12.8 Å². The fourth-order valence-electron chi connectivity index (χ4n) is 2.27. The third-order valence-electron chi connectivity index (χ3n) is 3.39. The van der Waals surface area contributed by atoms with Crippen LogP contribution in [0.5, 0.6) is 11.5 Å². The van der Waals surface area contributed by atoms with E-state index in [1.54, 1.807) is 6.07 Å². The first-order valence-corrected chi connectivity index (χ1v) is 7.12. The molecular formula is C15H19NO6. The van der Waals surface area contributed by atoms with Crippen molar-refractivity contribution in [1.82, 2.24) is 4.98 Å². The average Bonchev–Trinajstić information content (AvgIpc) is 3.06. The average molecular weight is 309 g/mol. The van der Waals surface area contributed by atoms with Crippen LogP contribution in [0.4, 0.5) is 0 Å². The molecule has 0 aromatic carbocycles. The fraction of sp³-hybridized carbons (Fsp3) is 0.533. The third kappa shape index (κ3) is 4.42. The Morgan fingerprint density at radius 2 is 2.18 bits per heavy atom.